The van der Waals surface area contributed by atoms with Crippen LogP contribution >= 0.6 is 0 Å². The first-order valence-electron chi connectivity index (χ1n) is 7.92. The van der Waals surface area contributed by atoms with Gasteiger partial charge in [-0.2, -0.15) is 0 Å². The van der Waals surface area contributed by atoms with Crippen molar-refractivity contribution in [2.24, 2.45) is 0 Å². The summed E-state index contributed by atoms with van der Waals surface area (Å²) in [6.07, 6.45) is 6.30. The van der Waals surface area contributed by atoms with Crippen molar-refractivity contribution in [3.05, 3.63) is 18.2 Å². The van der Waals surface area contributed by atoms with Gasteiger partial charge in [0.25, 0.3) is 0 Å². The third kappa shape index (κ3) is 2.95. The highest BCUT2D eigenvalue weighted by Gasteiger charge is 2.41. The van der Waals surface area contributed by atoms with Crippen LogP contribution in [0.1, 0.15) is 64.5 Å². The topological polar surface area (TPSA) is 38.1 Å². The molecule has 20 heavy (non-hydrogen) atoms. The first-order valence-corrected chi connectivity index (χ1v) is 7.92. The van der Waals surface area contributed by atoms with E-state index in [-0.39, 0.29) is 5.78 Å². The predicted molar refractivity (Wildman–Crippen MR) is 83.1 cm³/mol. The molecular weight excluding hydrogens is 250 g/mol. The van der Waals surface area contributed by atoms with Crippen molar-refractivity contribution in [1.82, 2.24) is 14.5 Å². The minimum Gasteiger partial charge on any atom is -0.328 e. The molecule has 0 aliphatic carbocycles. The van der Waals surface area contributed by atoms with Crippen LogP contribution in [0.25, 0.3) is 0 Å². The van der Waals surface area contributed by atoms with Crippen LogP contribution in [0.4, 0.5) is 0 Å². The third-order valence-corrected chi connectivity index (χ3v) is 4.34. The molecular formula is C16H29N3O. The average molecular weight is 279 g/mol. The normalized spacial score (nSPS) is 12.1. The van der Waals surface area contributed by atoms with Crippen LogP contribution in [-0.4, -0.2) is 38.9 Å². The molecule has 0 amide bonds. The van der Waals surface area contributed by atoms with E-state index in [1.165, 1.54) is 0 Å². The van der Waals surface area contributed by atoms with Gasteiger partial charge in [0.2, 0.25) is 5.78 Å². The molecule has 0 N–H and O–H groups in total. The minimum atomic E-state index is -0.416. The van der Waals surface area contributed by atoms with Crippen molar-refractivity contribution in [3.8, 4) is 0 Å². The lowest BCUT2D eigenvalue weighted by Gasteiger charge is -2.40. The average Bonchev–Trinajstić information content (AvgIpc) is 2.92. The molecule has 0 fully saturated rings. The van der Waals surface area contributed by atoms with E-state index >= 15 is 0 Å². The van der Waals surface area contributed by atoms with Gasteiger partial charge in [0.05, 0.1) is 5.54 Å². The van der Waals surface area contributed by atoms with Crippen LogP contribution in [0.15, 0.2) is 12.4 Å². The molecule has 0 aromatic carbocycles. The van der Waals surface area contributed by atoms with Crippen LogP contribution in [0.2, 0.25) is 0 Å². The van der Waals surface area contributed by atoms with Gasteiger partial charge in [0.1, 0.15) is 0 Å². The van der Waals surface area contributed by atoms with Crippen LogP contribution in [0.5, 0.6) is 0 Å². The number of aromatic nitrogens is 2. The maximum absolute atomic E-state index is 13.1. The zero-order chi connectivity index (χ0) is 15.2. The Balaban J connectivity index is 3.20. The van der Waals surface area contributed by atoms with E-state index in [1.807, 2.05) is 10.8 Å². The number of ketones is 1. The van der Waals surface area contributed by atoms with E-state index in [0.717, 1.165) is 38.9 Å². The van der Waals surface area contributed by atoms with Crippen molar-refractivity contribution in [2.75, 3.05) is 13.1 Å². The molecule has 0 spiro atoms. The highest BCUT2D eigenvalue weighted by Crippen LogP contribution is 2.28. The van der Waals surface area contributed by atoms with Crippen molar-refractivity contribution in [2.45, 2.75) is 66.0 Å². The lowest BCUT2D eigenvalue weighted by molar-refractivity contribution is 0.0519. The first kappa shape index (κ1) is 16.9. The Bertz CT molecular complexity index is 417. The van der Waals surface area contributed by atoms with E-state index in [4.69, 9.17) is 0 Å². The number of carbonyl (C=O) groups is 1. The molecule has 0 unspecified atom stereocenters. The molecule has 1 aromatic heterocycles. The maximum atomic E-state index is 13.1. The van der Waals surface area contributed by atoms with Crippen molar-refractivity contribution in [1.29, 1.82) is 0 Å². The molecule has 0 bridgehead atoms. The maximum Gasteiger partial charge on any atom is 0.218 e. The van der Waals surface area contributed by atoms with Gasteiger partial charge < -0.3 is 4.57 Å². The second-order valence-electron chi connectivity index (χ2n) is 5.18. The molecule has 0 atom stereocenters. The lowest BCUT2D eigenvalue weighted by Crippen LogP contribution is -2.54. The van der Waals surface area contributed by atoms with E-state index in [2.05, 4.69) is 44.5 Å². The molecule has 4 nitrogen and oxygen atoms in total. The molecule has 1 aromatic rings. The molecule has 0 aliphatic heterocycles. The lowest BCUT2D eigenvalue weighted by atomic mass is 9.85. The van der Waals surface area contributed by atoms with Gasteiger partial charge in [-0.05, 0) is 32.4 Å². The van der Waals surface area contributed by atoms with Crippen molar-refractivity contribution < 1.29 is 4.79 Å². The standard InChI is InChI=1S/C16H29N3O/c1-6-12-18-13-11-17-15(18)14(20)16(7-2,8-3)19(9-4)10-5/h11,13H,6-10,12H2,1-5H3. The summed E-state index contributed by atoms with van der Waals surface area (Å²) in [7, 11) is 0. The summed E-state index contributed by atoms with van der Waals surface area (Å²) in [6.45, 7) is 13.2. The second-order valence-corrected chi connectivity index (χ2v) is 5.18. The Hall–Kier alpha value is -1.16. The van der Waals surface area contributed by atoms with Gasteiger partial charge in [-0.1, -0.05) is 34.6 Å². The molecule has 1 rings (SSSR count). The second kappa shape index (κ2) is 7.58. The fraction of sp³-hybridized carbons (Fsp3) is 0.750. The van der Waals surface area contributed by atoms with Crippen LogP contribution < -0.4 is 0 Å². The van der Waals surface area contributed by atoms with Gasteiger partial charge in [0, 0.05) is 18.9 Å². The fourth-order valence-corrected chi connectivity index (χ4v) is 3.14. The highest BCUT2D eigenvalue weighted by atomic mass is 16.1. The summed E-state index contributed by atoms with van der Waals surface area (Å²) in [5, 5.41) is 0. The SMILES string of the molecule is CCCn1ccnc1C(=O)C(CC)(CC)N(CC)CC. The van der Waals surface area contributed by atoms with Crippen LogP contribution in [0, 0.1) is 0 Å². The Morgan fingerprint density at radius 3 is 2.25 bits per heavy atom. The van der Waals surface area contributed by atoms with Gasteiger partial charge in [-0.15, -0.1) is 0 Å². The third-order valence-electron chi connectivity index (χ3n) is 4.34. The number of carbonyl (C=O) groups excluding carboxylic acids is 1. The summed E-state index contributed by atoms with van der Waals surface area (Å²) in [5.74, 6) is 0.784. The summed E-state index contributed by atoms with van der Waals surface area (Å²) < 4.78 is 1.99. The summed E-state index contributed by atoms with van der Waals surface area (Å²) >= 11 is 0. The summed E-state index contributed by atoms with van der Waals surface area (Å²) in [6, 6.07) is 0. The van der Waals surface area contributed by atoms with E-state index in [0.29, 0.717) is 5.82 Å². The van der Waals surface area contributed by atoms with E-state index in [9.17, 15) is 4.79 Å². The number of hydrogen-bond acceptors (Lipinski definition) is 3. The zero-order valence-electron chi connectivity index (χ0n) is 13.6. The van der Waals surface area contributed by atoms with Gasteiger partial charge in [-0.25, -0.2) is 4.98 Å². The number of rotatable bonds is 9. The summed E-state index contributed by atoms with van der Waals surface area (Å²) in [5.41, 5.74) is -0.416. The fourth-order valence-electron chi connectivity index (χ4n) is 3.14. The van der Waals surface area contributed by atoms with Crippen LogP contribution in [-0.2, 0) is 6.54 Å². The number of Topliss-reactive ketones (excluding diaryl/α,β-unsaturated/α-hetero) is 1. The molecule has 0 radical (unpaired) electrons. The summed E-state index contributed by atoms with van der Waals surface area (Å²) in [4.78, 5) is 19.7. The minimum absolute atomic E-state index is 0.171. The Morgan fingerprint density at radius 2 is 1.80 bits per heavy atom. The van der Waals surface area contributed by atoms with Crippen LogP contribution in [0.3, 0.4) is 0 Å². The smallest absolute Gasteiger partial charge is 0.218 e. The van der Waals surface area contributed by atoms with E-state index < -0.39 is 5.54 Å². The van der Waals surface area contributed by atoms with Gasteiger partial charge in [-0.3, -0.25) is 9.69 Å². The largest absolute Gasteiger partial charge is 0.328 e. The Kier molecular flexibility index (Phi) is 6.40. The van der Waals surface area contributed by atoms with Crippen molar-refractivity contribution >= 4 is 5.78 Å². The number of likely N-dealkylation sites (N-methyl/N-ethyl adjacent to an activating group) is 1. The van der Waals surface area contributed by atoms with Crippen molar-refractivity contribution in [3.63, 3.8) is 0 Å². The quantitative estimate of drug-likeness (QED) is 0.650. The number of nitrogens with zero attached hydrogens (tertiary/aromatic N) is 3. The predicted octanol–water partition coefficient (Wildman–Crippen LogP) is 3.38. The number of hydrogen-bond donors (Lipinski definition) is 0. The molecule has 4 heteroatoms. The number of imidazole rings is 1. The zero-order valence-corrected chi connectivity index (χ0v) is 13.6. The Labute approximate surface area is 123 Å². The molecule has 0 aliphatic rings. The monoisotopic (exact) mass is 279 g/mol. The number of aryl methyl sites for hydroxylation is 1. The molecule has 1 heterocycles. The molecule has 114 valence electrons. The Morgan fingerprint density at radius 1 is 1.20 bits per heavy atom. The molecule has 0 saturated heterocycles. The molecule has 0 saturated carbocycles. The van der Waals surface area contributed by atoms with Gasteiger partial charge >= 0.3 is 0 Å². The first-order chi connectivity index (χ1) is 9.61. The highest BCUT2D eigenvalue weighted by molar-refractivity contribution is 6.00. The van der Waals surface area contributed by atoms with E-state index in [1.54, 1.807) is 6.20 Å². The van der Waals surface area contributed by atoms with Gasteiger partial charge in [0.15, 0.2) is 5.82 Å².